The van der Waals surface area contributed by atoms with Gasteiger partial charge in [0.2, 0.25) is 5.91 Å². The Labute approximate surface area is 194 Å². The highest BCUT2D eigenvalue weighted by molar-refractivity contribution is 8.14. The van der Waals surface area contributed by atoms with Crippen molar-refractivity contribution >= 4 is 46.3 Å². The molecule has 3 atom stereocenters. The van der Waals surface area contributed by atoms with Crippen molar-refractivity contribution in [2.75, 3.05) is 18.8 Å². The van der Waals surface area contributed by atoms with Gasteiger partial charge < -0.3 is 15.0 Å². The van der Waals surface area contributed by atoms with E-state index in [4.69, 9.17) is 10.00 Å². The Morgan fingerprint density at radius 1 is 1.38 bits per heavy atom. The van der Waals surface area contributed by atoms with Crippen LogP contribution < -0.4 is 5.32 Å². The van der Waals surface area contributed by atoms with Crippen molar-refractivity contribution in [3.63, 3.8) is 0 Å². The lowest BCUT2D eigenvalue weighted by atomic mass is 10.2. The molecule has 1 aromatic rings. The molecule has 3 unspecified atom stereocenters. The molecule has 1 N–H and O–H groups in total. The summed E-state index contributed by atoms with van der Waals surface area (Å²) in [7, 11) is 0. The number of thioether (sulfide) groups is 2. The van der Waals surface area contributed by atoms with Crippen LogP contribution in [0.2, 0.25) is 0 Å². The van der Waals surface area contributed by atoms with E-state index in [9.17, 15) is 24.5 Å². The molecule has 1 saturated heterocycles. The Hall–Kier alpha value is -2.78. The Kier molecular flexibility index (Phi) is 9.80. The van der Waals surface area contributed by atoms with Gasteiger partial charge in [0.25, 0.3) is 5.69 Å². The van der Waals surface area contributed by atoms with Gasteiger partial charge in [0.1, 0.15) is 13.2 Å². The lowest BCUT2D eigenvalue weighted by molar-refractivity contribution is -0.384. The molecule has 0 radical (unpaired) electrons. The molecule has 0 aromatic heterocycles. The van der Waals surface area contributed by atoms with Gasteiger partial charge in [0.15, 0.2) is 5.12 Å². The van der Waals surface area contributed by atoms with Crippen molar-refractivity contribution in [2.24, 2.45) is 0 Å². The Balaban J connectivity index is 1.96. The maximum Gasteiger partial charge on any atom is 0.410 e. The summed E-state index contributed by atoms with van der Waals surface area (Å²) in [4.78, 5) is 48.0. The summed E-state index contributed by atoms with van der Waals surface area (Å²) < 4.78 is 5.40. The standard InChI is InChI=1S/C20H24N4O6S2/c1-13(19(26)22-8-7-21)31-12-17-9-18(32-14(2)25)10-23(17)20(27)30-11-15-3-5-16(6-4-15)24(28)29/h3-6,13,17-18H,8-12H2,1-2H3,(H,22,26). The van der Waals surface area contributed by atoms with Crippen LogP contribution in [-0.4, -0.2) is 62.3 Å². The zero-order valence-electron chi connectivity index (χ0n) is 17.7. The molecule has 172 valence electrons. The molecule has 2 rings (SSSR count). The van der Waals surface area contributed by atoms with Gasteiger partial charge in [0.05, 0.1) is 16.2 Å². The predicted molar refractivity (Wildman–Crippen MR) is 121 cm³/mol. The number of benzene rings is 1. The van der Waals surface area contributed by atoms with E-state index < -0.39 is 16.3 Å². The predicted octanol–water partition coefficient (Wildman–Crippen LogP) is 2.72. The Morgan fingerprint density at radius 2 is 2.06 bits per heavy atom. The molecule has 32 heavy (non-hydrogen) atoms. The van der Waals surface area contributed by atoms with Crippen LogP contribution in [0.1, 0.15) is 25.8 Å². The van der Waals surface area contributed by atoms with E-state index in [-0.39, 0.29) is 41.2 Å². The normalized spacial score (nSPS) is 18.5. The third kappa shape index (κ3) is 7.72. The maximum atomic E-state index is 12.7. The number of hydrogen-bond acceptors (Lipinski definition) is 9. The van der Waals surface area contributed by atoms with Gasteiger partial charge in [-0.3, -0.25) is 19.7 Å². The van der Waals surface area contributed by atoms with Crippen LogP contribution in [0, 0.1) is 21.4 Å². The summed E-state index contributed by atoms with van der Waals surface area (Å²) in [6, 6.07) is 7.38. The lowest BCUT2D eigenvalue weighted by Crippen LogP contribution is -2.39. The third-order valence-corrected chi connectivity index (χ3v) is 7.00. The average molecular weight is 481 g/mol. The number of nitro groups is 1. The summed E-state index contributed by atoms with van der Waals surface area (Å²) in [6.45, 7) is 3.46. The van der Waals surface area contributed by atoms with Gasteiger partial charge in [-0.2, -0.15) is 5.26 Å². The van der Waals surface area contributed by atoms with Gasteiger partial charge in [0, 0.05) is 42.6 Å². The molecule has 12 heteroatoms. The van der Waals surface area contributed by atoms with Crippen LogP contribution in [0.3, 0.4) is 0 Å². The number of nitrogens with zero attached hydrogens (tertiary/aromatic N) is 3. The van der Waals surface area contributed by atoms with Crippen LogP contribution in [0.15, 0.2) is 24.3 Å². The second-order valence-electron chi connectivity index (χ2n) is 7.10. The minimum atomic E-state index is -0.540. The molecule has 0 spiro atoms. The first-order chi connectivity index (χ1) is 15.2. The molecule has 1 heterocycles. The number of hydrogen-bond donors (Lipinski definition) is 1. The molecule has 1 fully saturated rings. The summed E-state index contributed by atoms with van der Waals surface area (Å²) in [5.41, 5.74) is 0.570. The first-order valence-corrected chi connectivity index (χ1v) is 11.7. The lowest BCUT2D eigenvalue weighted by Gasteiger charge is -2.24. The molecule has 2 amide bonds. The second-order valence-corrected chi connectivity index (χ2v) is 9.95. The minimum absolute atomic E-state index is 0.0354. The van der Waals surface area contributed by atoms with E-state index in [2.05, 4.69) is 5.32 Å². The fraction of sp³-hybridized carbons (Fsp3) is 0.500. The molecular formula is C20H24N4O6S2. The quantitative estimate of drug-likeness (QED) is 0.320. The number of nitriles is 1. The maximum absolute atomic E-state index is 12.7. The molecule has 1 aromatic carbocycles. The number of rotatable bonds is 9. The molecular weight excluding hydrogens is 456 g/mol. The van der Waals surface area contributed by atoms with Crippen molar-refractivity contribution in [3.8, 4) is 6.07 Å². The van der Waals surface area contributed by atoms with Gasteiger partial charge in [-0.15, -0.1) is 11.8 Å². The number of likely N-dealkylation sites (tertiary alicyclic amines) is 1. The van der Waals surface area contributed by atoms with Gasteiger partial charge >= 0.3 is 6.09 Å². The van der Waals surface area contributed by atoms with Crippen LogP contribution in [0.25, 0.3) is 0 Å². The summed E-state index contributed by atoms with van der Waals surface area (Å²) in [5.74, 6) is 0.222. The van der Waals surface area contributed by atoms with Crippen molar-refractivity contribution < 1.29 is 24.0 Å². The second kappa shape index (κ2) is 12.3. The largest absolute Gasteiger partial charge is 0.445 e. The van der Waals surface area contributed by atoms with E-state index in [1.807, 2.05) is 6.07 Å². The highest BCUT2D eigenvalue weighted by atomic mass is 32.2. The van der Waals surface area contributed by atoms with E-state index >= 15 is 0 Å². The fourth-order valence-corrected chi connectivity index (χ4v) is 5.20. The summed E-state index contributed by atoms with van der Waals surface area (Å²) in [6.07, 6.45) is 0.0540. The summed E-state index contributed by atoms with van der Waals surface area (Å²) >= 11 is 2.54. The van der Waals surface area contributed by atoms with Gasteiger partial charge in [-0.05, 0) is 31.0 Å². The fourth-order valence-electron chi connectivity index (χ4n) is 3.12. The smallest absolute Gasteiger partial charge is 0.410 e. The number of carbonyl (C=O) groups excluding carboxylic acids is 3. The number of carbonyl (C=O) groups is 3. The SMILES string of the molecule is CC(=O)SC1CC(CSC(C)C(=O)NCC#N)N(C(=O)OCc2ccc([N+](=O)[O-])cc2)C1. The molecule has 1 aliphatic heterocycles. The van der Waals surface area contributed by atoms with Crippen LogP contribution in [0.5, 0.6) is 0 Å². The first-order valence-electron chi connectivity index (χ1n) is 9.81. The molecule has 1 aliphatic rings. The van der Waals surface area contributed by atoms with Gasteiger partial charge in [-0.25, -0.2) is 4.79 Å². The highest BCUT2D eigenvalue weighted by Gasteiger charge is 2.37. The number of nitro benzene ring substituents is 1. The molecule has 0 bridgehead atoms. The van der Waals surface area contributed by atoms with Crippen LogP contribution >= 0.6 is 23.5 Å². The van der Waals surface area contributed by atoms with Gasteiger partial charge in [-0.1, -0.05) is 11.8 Å². The number of ether oxygens (including phenoxy) is 1. The Bertz CT molecular complexity index is 889. The third-order valence-electron chi connectivity index (χ3n) is 4.70. The monoisotopic (exact) mass is 480 g/mol. The Morgan fingerprint density at radius 3 is 2.66 bits per heavy atom. The molecule has 0 aliphatic carbocycles. The van der Waals surface area contributed by atoms with E-state index in [1.165, 1.54) is 54.7 Å². The average Bonchev–Trinajstić information content (AvgIpc) is 3.16. The van der Waals surface area contributed by atoms with Crippen molar-refractivity contribution in [3.05, 3.63) is 39.9 Å². The summed E-state index contributed by atoms with van der Waals surface area (Å²) in [5, 5.41) is 21.3. The van der Waals surface area contributed by atoms with E-state index in [0.29, 0.717) is 24.3 Å². The zero-order chi connectivity index (χ0) is 23.7. The topological polar surface area (TPSA) is 143 Å². The van der Waals surface area contributed by atoms with Crippen molar-refractivity contribution in [1.82, 2.24) is 10.2 Å². The van der Waals surface area contributed by atoms with Crippen LogP contribution in [0.4, 0.5) is 10.5 Å². The number of nitrogens with one attached hydrogen (secondary N) is 1. The van der Waals surface area contributed by atoms with Crippen molar-refractivity contribution in [2.45, 2.75) is 43.4 Å². The van der Waals surface area contributed by atoms with E-state index in [0.717, 1.165) is 0 Å². The van der Waals surface area contributed by atoms with Crippen LogP contribution in [-0.2, 0) is 20.9 Å². The molecule has 10 nitrogen and oxygen atoms in total. The van der Waals surface area contributed by atoms with E-state index in [1.54, 1.807) is 11.8 Å². The highest BCUT2D eigenvalue weighted by Crippen LogP contribution is 2.31. The zero-order valence-corrected chi connectivity index (χ0v) is 19.3. The number of non-ortho nitro benzene ring substituents is 1. The van der Waals surface area contributed by atoms with Crippen molar-refractivity contribution in [1.29, 1.82) is 5.26 Å². The number of amides is 2. The minimum Gasteiger partial charge on any atom is -0.445 e. The molecule has 0 saturated carbocycles. The first kappa shape index (κ1) is 25.5.